The van der Waals surface area contributed by atoms with Gasteiger partial charge in [-0.15, -0.1) is 0 Å². The van der Waals surface area contributed by atoms with Crippen LogP contribution in [0.3, 0.4) is 0 Å². The third kappa shape index (κ3) is 4.35. The lowest BCUT2D eigenvalue weighted by Crippen LogP contribution is -2.54. The Morgan fingerprint density at radius 3 is 2.39 bits per heavy atom. The van der Waals surface area contributed by atoms with Crippen molar-refractivity contribution in [1.29, 1.82) is 0 Å². The van der Waals surface area contributed by atoms with Crippen molar-refractivity contribution in [3.05, 3.63) is 35.9 Å². The lowest BCUT2D eigenvalue weighted by molar-refractivity contribution is -0.263. The maximum absolute atomic E-state index is 13.3. The summed E-state index contributed by atoms with van der Waals surface area (Å²) in [7, 11) is 0. The van der Waals surface area contributed by atoms with Crippen LogP contribution < -0.4 is 10.6 Å². The van der Waals surface area contributed by atoms with Crippen LogP contribution in [-0.4, -0.2) is 43.1 Å². The fourth-order valence-corrected chi connectivity index (χ4v) is 2.37. The number of nitrogens with one attached hydrogen (secondary N) is 2. The first-order valence-corrected chi connectivity index (χ1v) is 7.29. The van der Waals surface area contributed by atoms with E-state index >= 15 is 0 Å². The Hall–Kier alpha value is -1.80. The zero-order chi connectivity index (χ0) is 16.9. The molecular formula is C15H19F3N2O3. The van der Waals surface area contributed by atoms with Crippen LogP contribution in [0.4, 0.5) is 18.0 Å². The Bertz CT molecular complexity index is 518. The number of amides is 2. The molecule has 1 fully saturated rings. The van der Waals surface area contributed by atoms with Crippen molar-refractivity contribution in [2.45, 2.75) is 30.7 Å². The van der Waals surface area contributed by atoms with Crippen LogP contribution in [0.2, 0.25) is 0 Å². The van der Waals surface area contributed by atoms with Crippen molar-refractivity contribution in [3.63, 3.8) is 0 Å². The van der Waals surface area contributed by atoms with E-state index in [2.05, 4.69) is 10.6 Å². The summed E-state index contributed by atoms with van der Waals surface area (Å²) in [5, 5.41) is 14.8. The molecule has 0 aliphatic carbocycles. The highest BCUT2D eigenvalue weighted by molar-refractivity contribution is 5.74. The summed E-state index contributed by atoms with van der Waals surface area (Å²) in [5.41, 5.74) is -3.46. The Morgan fingerprint density at radius 2 is 1.83 bits per heavy atom. The van der Waals surface area contributed by atoms with E-state index in [9.17, 15) is 23.1 Å². The molecule has 1 aliphatic heterocycles. The largest absolute Gasteiger partial charge is 0.423 e. The number of benzene rings is 1. The number of hydrogen-bond acceptors (Lipinski definition) is 3. The number of carbonyl (C=O) groups is 1. The average molecular weight is 332 g/mol. The lowest BCUT2D eigenvalue weighted by Gasteiger charge is -2.31. The lowest BCUT2D eigenvalue weighted by atomic mass is 9.93. The summed E-state index contributed by atoms with van der Waals surface area (Å²) >= 11 is 0. The number of alkyl halides is 3. The molecule has 1 aromatic rings. The molecule has 2 amide bonds. The average Bonchev–Trinajstić information content (AvgIpc) is 2.53. The van der Waals surface area contributed by atoms with Crippen LogP contribution in [0.15, 0.2) is 30.3 Å². The highest BCUT2D eigenvalue weighted by atomic mass is 19.4. The molecule has 1 heterocycles. The van der Waals surface area contributed by atoms with Crippen molar-refractivity contribution in [2.24, 2.45) is 0 Å². The molecule has 0 bridgehead atoms. The highest BCUT2D eigenvalue weighted by Crippen LogP contribution is 2.38. The molecule has 1 unspecified atom stereocenters. The van der Waals surface area contributed by atoms with Crippen LogP contribution in [0.5, 0.6) is 0 Å². The first kappa shape index (κ1) is 17.6. The van der Waals surface area contributed by atoms with Crippen LogP contribution in [0.1, 0.15) is 18.4 Å². The van der Waals surface area contributed by atoms with E-state index in [1.165, 1.54) is 24.3 Å². The maximum atomic E-state index is 13.3. The standard InChI is InChI=1S/C15H19F3N2O3/c16-15(17,18)14(22,11-4-2-1-3-5-11)10-19-13(21)20-12-6-8-23-9-7-12/h1-5,12,22H,6-10H2,(H2,19,20,21). The van der Waals surface area contributed by atoms with Gasteiger partial charge in [0, 0.05) is 19.3 Å². The number of halogens is 3. The Labute approximate surface area is 131 Å². The van der Waals surface area contributed by atoms with E-state index in [0.717, 1.165) is 0 Å². The zero-order valence-corrected chi connectivity index (χ0v) is 12.4. The number of ether oxygens (including phenoxy) is 1. The first-order valence-electron chi connectivity index (χ1n) is 7.29. The highest BCUT2D eigenvalue weighted by Gasteiger charge is 2.55. The number of aliphatic hydroxyl groups is 1. The molecule has 8 heteroatoms. The fraction of sp³-hybridized carbons (Fsp3) is 0.533. The molecule has 0 aromatic heterocycles. The Morgan fingerprint density at radius 1 is 1.22 bits per heavy atom. The van der Waals surface area contributed by atoms with Gasteiger partial charge in [0.05, 0.1) is 6.54 Å². The van der Waals surface area contributed by atoms with E-state index in [1.807, 2.05) is 0 Å². The number of urea groups is 1. The van der Waals surface area contributed by atoms with Gasteiger partial charge < -0.3 is 20.5 Å². The maximum Gasteiger partial charge on any atom is 0.423 e. The van der Waals surface area contributed by atoms with Gasteiger partial charge in [0.2, 0.25) is 5.60 Å². The monoisotopic (exact) mass is 332 g/mol. The van der Waals surface area contributed by atoms with Gasteiger partial charge in [0.25, 0.3) is 0 Å². The van der Waals surface area contributed by atoms with Gasteiger partial charge in [-0.1, -0.05) is 30.3 Å². The number of carbonyl (C=O) groups excluding carboxylic acids is 1. The second kappa shape index (κ2) is 7.18. The van der Waals surface area contributed by atoms with Crippen LogP contribution >= 0.6 is 0 Å². The fourth-order valence-electron chi connectivity index (χ4n) is 2.37. The van der Waals surface area contributed by atoms with Crippen LogP contribution in [0, 0.1) is 0 Å². The molecule has 1 aliphatic rings. The van der Waals surface area contributed by atoms with E-state index < -0.39 is 24.4 Å². The quantitative estimate of drug-likeness (QED) is 0.789. The molecular weight excluding hydrogens is 313 g/mol. The summed E-state index contributed by atoms with van der Waals surface area (Å²) in [5.74, 6) is 0. The molecule has 128 valence electrons. The number of hydrogen-bond donors (Lipinski definition) is 3. The topological polar surface area (TPSA) is 70.6 Å². The van der Waals surface area contributed by atoms with Gasteiger partial charge in [-0.25, -0.2) is 4.79 Å². The molecule has 1 atom stereocenters. The minimum absolute atomic E-state index is 0.139. The van der Waals surface area contributed by atoms with Crippen molar-refractivity contribution >= 4 is 6.03 Å². The molecule has 0 radical (unpaired) electrons. The van der Waals surface area contributed by atoms with E-state index in [1.54, 1.807) is 6.07 Å². The third-order valence-electron chi connectivity index (χ3n) is 3.78. The minimum Gasteiger partial charge on any atom is -0.381 e. The molecule has 0 saturated carbocycles. The predicted octanol–water partition coefficient (Wildman–Crippen LogP) is 1.91. The van der Waals surface area contributed by atoms with Gasteiger partial charge in [-0.3, -0.25) is 0 Å². The molecule has 5 nitrogen and oxygen atoms in total. The molecule has 1 saturated heterocycles. The Kier molecular flexibility index (Phi) is 5.48. The van der Waals surface area contributed by atoms with Crippen molar-refractivity contribution in [2.75, 3.05) is 19.8 Å². The molecule has 23 heavy (non-hydrogen) atoms. The normalized spacial score (nSPS) is 19.0. The van der Waals surface area contributed by atoms with E-state index in [0.29, 0.717) is 26.1 Å². The summed E-state index contributed by atoms with van der Waals surface area (Å²) in [6, 6.07) is 5.81. The summed E-state index contributed by atoms with van der Waals surface area (Å²) in [6.07, 6.45) is -3.70. The predicted molar refractivity (Wildman–Crippen MR) is 76.8 cm³/mol. The minimum atomic E-state index is -4.92. The summed E-state index contributed by atoms with van der Waals surface area (Å²) in [4.78, 5) is 11.8. The smallest absolute Gasteiger partial charge is 0.381 e. The number of rotatable bonds is 4. The van der Waals surface area contributed by atoms with Crippen LogP contribution in [-0.2, 0) is 10.3 Å². The third-order valence-corrected chi connectivity index (χ3v) is 3.78. The first-order chi connectivity index (χ1) is 10.8. The SMILES string of the molecule is O=C(NCC(O)(c1ccccc1)C(F)(F)F)NC1CCOCC1. The van der Waals surface area contributed by atoms with E-state index in [4.69, 9.17) is 4.74 Å². The molecule has 0 spiro atoms. The van der Waals surface area contributed by atoms with Crippen molar-refractivity contribution in [1.82, 2.24) is 10.6 Å². The molecule has 3 N–H and O–H groups in total. The van der Waals surface area contributed by atoms with Crippen molar-refractivity contribution in [3.8, 4) is 0 Å². The van der Waals surface area contributed by atoms with Gasteiger partial charge in [0.1, 0.15) is 0 Å². The molecule has 1 aromatic carbocycles. The van der Waals surface area contributed by atoms with Gasteiger partial charge in [-0.05, 0) is 18.4 Å². The Balaban J connectivity index is 2.00. The van der Waals surface area contributed by atoms with E-state index in [-0.39, 0.29) is 11.6 Å². The summed E-state index contributed by atoms with van der Waals surface area (Å²) in [6.45, 7) is 0.0401. The zero-order valence-electron chi connectivity index (χ0n) is 12.4. The second-order valence-corrected chi connectivity index (χ2v) is 5.44. The molecule has 2 rings (SSSR count). The van der Waals surface area contributed by atoms with Crippen LogP contribution in [0.25, 0.3) is 0 Å². The van der Waals surface area contributed by atoms with Crippen molar-refractivity contribution < 1.29 is 27.8 Å². The summed E-state index contributed by atoms with van der Waals surface area (Å²) < 4.78 is 44.9. The van der Waals surface area contributed by atoms with Gasteiger partial charge in [-0.2, -0.15) is 13.2 Å². The van der Waals surface area contributed by atoms with Gasteiger partial charge >= 0.3 is 12.2 Å². The van der Waals surface area contributed by atoms with Gasteiger partial charge in [0.15, 0.2) is 0 Å². The second-order valence-electron chi connectivity index (χ2n) is 5.44.